The molecule has 0 bridgehead atoms. The Hall–Kier alpha value is -0.670. The Morgan fingerprint density at radius 2 is 1.82 bits per heavy atom. The summed E-state index contributed by atoms with van der Waals surface area (Å²) >= 11 is 0. The number of rotatable bonds is 2. The summed E-state index contributed by atoms with van der Waals surface area (Å²) in [7, 11) is 0. The van der Waals surface area contributed by atoms with Gasteiger partial charge in [-0.05, 0) is 13.3 Å². The highest BCUT2D eigenvalue weighted by Gasteiger charge is 2.52. The maximum Gasteiger partial charge on any atom is 0.401 e. The van der Waals surface area contributed by atoms with Gasteiger partial charge in [0.15, 0.2) is 0 Å². The fourth-order valence-electron chi connectivity index (χ4n) is 0.568. The molecule has 0 rings (SSSR count). The van der Waals surface area contributed by atoms with Crippen molar-refractivity contribution in [2.75, 3.05) is 0 Å². The molecule has 0 fully saturated rings. The van der Waals surface area contributed by atoms with Crippen molar-refractivity contribution in [1.29, 1.82) is 0 Å². The van der Waals surface area contributed by atoms with E-state index in [1.807, 2.05) is 0 Å². The standard InChI is InChI=1S/C7H11F3O/c1-4-6(3,5(2)11)7(8,9)10/h11H,2,4H2,1,3H3. The molecule has 0 aliphatic carbocycles. The molecule has 0 aromatic heterocycles. The van der Waals surface area contributed by atoms with Gasteiger partial charge in [-0.25, -0.2) is 0 Å². The fourth-order valence-corrected chi connectivity index (χ4v) is 0.568. The first-order valence-electron chi connectivity index (χ1n) is 3.20. The molecule has 1 atom stereocenters. The minimum atomic E-state index is -4.42. The van der Waals surface area contributed by atoms with Crippen LogP contribution in [0.4, 0.5) is 13.2 Å². The van der Waals surface area contributed by atoms with E-state index in [1.165, 1.54) is 6.92 Å². The molecule has 4 heteroatoms. The van der Waals surface area contributed by atoms with Gasteiger partial charge in [0.05, 0.1) is 0 Å². The average molecular weight is 168 g/mol. The lowest BCUT2D eigenvalue weighted by Crippen LogP contribution is -2.36. The first-order valence-corrected chi connectivity index (χ1v) is 3.20. The van der Waals surface area contributed by atoms with Crippen molar-refractivity contribution < 1.29 is 18.3 Å². The van der Waals surface area contributed by atoms with Crippen LogP contribution in [-0.4, -0.2) is 11.3 Å². The molecule has 0 amide bonds. The summed E-state index contributed by atoms with van der Waals surface area (Å²) < 4.78 is 36.4. The van der Waals surface area contributed by atoms with Gasteiger partial charge < -0.3 is 5.11 Å². The molecule has 0 aliphatic rings. The van der Waals surface area contributed by atoms with Gasteiger partial charge in [-0.1, -0.05) is 13.5 Å². The predicted molar refractivity (Wildman–Crippen MR) is 36.2 cm³/mol. The first-order chi connectivity index (χ1) is 4.75. The number of allylic oxidation sites excluding steroid dienone is 1. The second kappa shape index (κ2) is 2.75. The van der Waals surface area contributed by atoms with E-state index in [2.05, 4.69) is 6.58 Å². The molecule has 0 aliphatic heterocycles. The van der Waals surface area contributed by atoms with Crippen LogP contribution in [0.2, 0.25) is 0 Å². The van der Waals surface area contributed by atoms with Gasteiger partial charge in [-0.15, -0.1) is 0 Å². The Morgan fingerprint density at radius 1 is 1.45 bits per heavy atom. The lowest BCUT2D eigenvalue weighted by Gasteiger charge is -2.29. The summed E-state index contributed by atoms with van der Waals surface area (Å²) in [5, 5.41) is 8.69. The normalized spacial score (nSPS) is 17.5. The second-order valence-corrected chi connectivity index (χ2v) is 2.63. The Balaban J connectivity index is 4.75. The van der Waals surface area contributed by atoms with E-state index in [9.17, 15) is 13.2 Å². The molecule has 0 saturated heterocycles. The molecule has 11 heavy (non-hydrogen) atoms. The highest BCUT2D eigenvalue weighted by Crippen LogP contribution is 2.44. The number of aliphatic hydroxyl groups is 1. The van der Waals surface area contributed by atoms with Gasteiger partial charge >= 0.3 is 6.18 Å². The maximum atomic E-state index is 12.1. The Kier molecular flexibility index (Phi) is 2.59. The van der Waals surface area contributed by atoms with Crippen molar-refractivity contribution in [3.63, 3.8) is 0 Å². The molecule has 0 saturated carbocycles. The molecular weight excluding hydrogens is 157 g/mol. The summed E-state index contributed by atoms with van der Waals surface area (Å²) in [5.74, 6) is -0.826. The molecule has 0 aromatic rings. The maximum absolute atomic E-state index is 12.1. The van der Waals surface area contributed by atoms with Crippen LogP contribution in [0.5, 0.6) is 0 Å². The van der Waals surface area contributed by atoms with Crippen LogP contribution >= 0.6 is 0 Å². The number of hydrogen-bond acceptors (Lipinski definition) is 1. The van der Waals surface area contributed by atoms with Crippen molar-refractivity contribution >= 4 is 0 Å². The topological polar surface area (TPSA) is 20.2 Å². The molecule has 1 unspecified atom stereocenters. The van der Waals surface area contributed by atoms with Crippen LogP contribution in [0.15, 0.2) is 12.3 Å². The zero-order valence-electron chi connectivity index (χ0n) is 6.50. The van der Waals surface area contributed by atoms with Crippen molar-refractivity contribution in [2.45, 2.75) is 26.4 Å². The molecule has 0 radical (unpaired) electrons. The number of aliphatic hydroxyl groups excluding tert-OH is 1. The third-order valence-corrected chi connectivity index (χ3v) is 1.97. The van der Waals surface area contributed by atoms with Crippen molar-refractivity contribution in [1.82, 2.24) is 0 Å². The number of alkyl halides is 3. The van der Waals surface area contributed by atoms with E-state index < -0.39 is 17.4 Å². The summed E-state index contributed by atoms with van der Waals surface area (Å²) in [6.07, 6.45) is -4.63. The molecule has 0 aromatic carbocycles. The van der Waals surface area contributed by atoms with Crippen molar-refractivity contribution in [2.24, 2.45) is 5.41 Å². The molecule has 0 spiro atoms. The van der Waals surface area contributed by atoms with Crippen molar-refractivity contribution in [3.05, 3.63) is 12.3 Å². The SMILES string of the molecule is C=C(O)C(C)(CC)C(F)(F)F. The van der Waals surface area contributed by atoms with Crippen LogP contribution in [-0.2, 0) is 0 Å². The predicted octanol–water partition coefficient (Wildman–Crippen LogP) is 3.04. The quantitative estimate of drug-likeness (QED) is 0.628. The van der Waals surface area contributed by atoms with Gasteiger partial charge in [0.25, 0.3) is 0 Å². The third-order valence-electron chi connectivity index (χ3n) is 1.97. The van der Waals surface area contributed by atoms with Crippen LogP contribution in [0.3, 0.4) is 0 Å². The third kappa shape index (κ3) is 1.67. The van der Waals surface area contributed by atoms with Crippen LogP contribution in [0.1, 0.15) is 20.3 Å². The van der Waals surface area contributed by atoms with E-state index in [-0.39, 0.29) is 6.42 Å². The van der Waals surface area contributed by atoms with E-state index >= 15 is 0 Å². The summed E-state index contributed by atoms with van der Waals surface area (Å²) in [5.41, 5.74) is -2.16. The van der Waals surface area contributed by atoms with Gasteiger partial charge in [-0.3, -0.25) is 0 Å². The highest BCUT2D eigenvalue weighted by molar-refractivity contribution is 5.03. The fraction of sp³-hybridized carbons (Fsp3) is 0.714. The van der Waals surface area contributed by atoms with Crippen molar-refractivity contribution in [3.8, 4) is 0 Å². The largest absolute Gasteiger partial charge is 0.512 e. The molecule has 0 heterocycles. The average Bonchev–Trinajstić information content (AvgIpc) is 1.83. The van der Waals surface area contributed by atoms with Crippen LogP contribution < -0.4 is 0 Å². The summed E-state index contributed by atoms with van der Waals surface area (Å²) in [6, 6.07) is 0. The minimum Gasteiger partial charge on any atom is -0.512 e. The Morgan fingerprint density at radius 3 is 1.82 bits per heavy atom. The van der Waals surface area contributed by atoms with E-state index in [0.29, 0.717) is 0 Å². The molecule has 66 valence electrons. The molecular formula is C7H11F3O. The molecule has 1 nitrogen and oxygen atoms in total. The van der Waals surface area contributed by atoms with E-state index in [1.54, 1.807) is 0 Å². The van der Waals surface area contributed by atoms with Gasteiger partial charge in [-0.2, -0.15) is 13.2 Å². The monoisotopic (exact) mass is 168 g/mol. The van der Waals surface area contributed by atoms with Gasteiger partial charge in [0.2, 0.25) is 0 Å². The lowest BCUT2D eigenvalue weighted by molar-refractivity contribution is -0.213. The summed E-state index contributed by atoms with van der Waals surface area (Å²) in [6.45, 7) is 5.18. The highest BCUT2D eigenvalue weighted by atomic mass is 19.4. The minimum absolute atomic E-state index is 0.203. The lowest BCUT2D eigenvalue weighted by atomic mass is 9.85. The van der Waals surface area contributed by atoms with Crippen LogP contribution in [0, 0.1) is 5.41 Å². The zero-order chi connectivity index (χ0) is 9.28. The van der Waals surface area contributed by atoms with Crippen LogP contribution in [0.25, 0.3) is 0 Å². The zero-order valence-corrected chi connectivity index (χ0v) is 6.50. The Bertz CT molecular complexity index is 162. The van der Waals surface area contributed by atoms with E-state index in [4.69, 9.17) is 5.11 Å². The van der Waals surface area contributed by atoms with Gasteiger partial charge in [0.1, 0.15) is 11.2 Å². The first kappa shape index (κ1) is 10.3. The smallest absolute Gasteiger partial charge is 0.401 e. The summed E-state index contributed by atoms with van der Waals surface area (Å²) in [4.78, 5) is 0. The van der Waals surface area contributed by atoms with Gasteiger partial charge in [0, 0.05) is 0 Å². The van der Waals surface area contributed by atoms with E-state index in [0.717, 1.165) is 6.92 Å². The Labute approximate surface area is 63.5 Å². The second-order valence-electron chi connectivity index (χ2n) is 2.63. The molecule has 1 N–H and O–H groups in total. The number of hydrogen-bond donors (Lipinski definition) is 1. The number of halogens is 3.